The van der Waals surface area contributed by atoms with Gasteiger partial charge in [-0.15, -0.1) is 23.7 Å². The van der Waals surface area contributed by atoms with Crippen LogP contribution in [0.1, 0.15) is 28.0 Å². The van der Waals surface area contributed by atoms with Gasteiger partial charge in [-0.2, -0.15) is 5.10 Å². The molecule has 7 heteroatoms. The second kappa shape index (κ2) is 9.37. The summed E-state index contributed by atoms with van der Waals surface area (Å²) in [4.78, 5) is 14.3. The first-order chi connectivity index (χ1) is 13.2. The van der Waals surface area contributed by atoms with Crippen LogP contribution in [0.25, 0.3) is 0 Å². The number of benzene rings is 1. The molecule has 1 aliphatic heterocycles. The van der Waals surface area contributed by atoms with Gasteiger partial charge in [0.1, 0.15) is 0 Å². The molecule has 1 fully saturated rings. The van der Waals surface area contributed by atoms with Crippen molar-refractivity contribution < 1.29 is 4.79 Å². The summed E-state index contributed by atoms with van der Waals surface area (Å²) in [5.74, 6) is 0.204. The number of thiophene rings is 1. The third kappa shape index (κ3) is 4.63. The summed E-state index contributed by atoms with van der Waals surface area (Å²) in [5.41, 5.74) is 2.35. The first-order valence-corrected chi connectivity index (χ1v) is 10.2. The van der Waals surface area contributed by atoms with Crippen LogP contribution in [0, 0.1) is 5.92 Å². The van der Waals surface area contributed by atoms with E-state index in [-0.39, 0.29) is 36.2 Å². The van der Waals surface area contributed by atoms with Gasteiger partial charge in [0.2, 0.25) is 5.91 Å². The number of rotatable bonds is 6. The van der Waals surface area contributed by atoms with Crippen molar-refractivity contribution in [3.05, 3.63) is 76.2 Å². The Labute approximate surface area is 175 Å². The Bertz CT molecular complexity index is 881. The van der Waals surface area contributed by atoms with Crippen molar-refractivity contribution in [3.63, 3.8) is 0 Å². The molecule has 2 aromatic heterocycles. The minimum absolute atomic E-state index is 0. The van der Waals surface area contributed by atoms with Crippen LogP contribution in [0.15, 0.2) is 60.2 Å². The molecule has 3 aromatic rings. The first-order valence-electron chi connectivity index (χ1n) is 9.27. The molecule has 5 nitrogen and oxygen atoms in total. The molecular weight excluding hydrogens is 392 g/mol. The van der Waals surface area contributed by atoms with Crippen LogP contribution in [0.2, 0.25) is 0 Å². The van der Waals surface area contributed by atoms with Gasteiger partial charge in [-0.25, -0.2) is 0 Å². The summed E-state index contributed by atoms with van der Waals surface area (Å²) >= 11 is 1.69. The lowest BCUT2D eigenvalue weighted by Crippen LogP contribution is -2.37. The normalized spacial score (nSPS) is 19.8. The van der Waals surface area contributed by atoms with Crippen molar-refractivity contribution >= 4 is 29.7 Å². The van der Waals surface area contributed by atoms with Crippen LogP contribution < -0.4 is 10.6 Å². The molecule has 0 bridgehead atoms. The standard InChI is InChI=1S/C21H24N4OS.ClH/c1-25-14-16(11-23-25)17-12-22-13-18(17)21(26)24-19(20-8-5-9-27-20)10-15-6-3-2-4-7-15;/h2-9,11,14,17-19,22H,10,12-13H2,1H3,(H,24,26);1H/t17-,18+,19?;/m1./s1. The molecule has 1 aliphatic rings. The number of hydrogen-bond donors (Lipinski definition) is 2. The average Bonchev–Trinajstić information content (AvgIpc) is 3.43. The van der Waals surface area contributed by atoms with Crippen LogP contribution in [0.5, 0.6) is 0 Å². The number of aromatic nitrogens is 2. The van der Waals surface area contributed by atoms with Crippen molar-refractivity contribution in [1.29, 1.82) is 0 Å². The Kier molecular flexibility index (Phi) is 6.88. The summed E-state index contributed by atoms with van der Waals surface area (Å²) in [7, 11) is 1.91. The van der Waals surface area contributed by atoms with Crippen LogP contribution in [0.4, 0.5) is 0 Å². The number of carbonyl (C=O) groups is 1. The maximum Gasteiger partial charge on any atom is 0.225 e. The Morgan fingerprint density at radius 3 is 2.79 bits per heavy atom. The molecule has 1 aromatic carbocycles. The molecule has 3 atom stereocenters. The quantitative estimate of drug-likeness (QED) is 0.648. The molecule has 0 aliphatic carbocycles. The number of nitrogens with one attached hydrogen (secondary N) is 2. The summed E-state index contributed by atoms with van der Waals surface area (Å²) in [6.07, 6.45) is 4.68. The van der Waals surface area contributed by atoms with E-state index < -0.39 is 0 Å². The lowest BCUT2D eigenvalue weighted by molar-refractivity contribution is -0.125. The van der Waals surface area contributed by atoms with E-state index in [1.54, 1.807) is 16.0 Å². The van der Waals surface area contributed by atoms with E-state index in [2.05, 4.69) is 39.3 Å². The van der Waals surface area contributed by atoms with Gasteiger partial charge in [-0.05, 0) is 29.0 Å². The van der Waals surface area contributed by atoms with Crippen molar-refractivity contribution in [2.45, 2.75) is 18.4 Å². The number of nitrogens with zero attached hydrogens (tertiary/aromatic N) is 2. The molecular formula is C21H25ClN4OS. The highest BCUT2D eigenvalue weighted by Gasteiger charge is 2.35. The molecule has 0 saturated carbocycles. The van der Waals surface area contributed by atoms with Crippen LogP contribution >= 0.6 is 23.7 Å². The first kappa shape index (κ1) is 20.6. The lowest BCUT2D eigenvalue weighted by atomic mass is 9.90. The number of halogens is 1. The Hall–Kier alpha value is -2.15. The zero-order valence-electron chi connectivity index (χ0n) is 15.7. The van der Waals surface area contributed by atoms with Gasteiger partial charge in [0.25, 0.3) is 0 Å². The number of amides is 1. The molecule has 0 radical (unpaired) electrons. The Morgan fingerprint density at radius 2 is 2.11 bits per heavy atom. The molecule has 4 rings (SSSR count). The van der Waals surface area contributed by atoms with Gasteiger partial charge in [0, 0.05) is 37.1 Å². The minimum atomic E-state index is -0.0764. The van der Waals surface area contributed by atoms with Gasteiger partial charge in [-0.1, -0.05) is 36.4 Å². The van der Waals surface area contributed by atoms with E-state index in [1.807, 2.05) is 43.7 Å². The summed E-state index contributed by atoms with van der Waals surface area (Å²) in [5, 5.41) is 13.0. The highest BCUT2D eigenvalue weighted by atomic mass is 35.5. The van der Waals surface area contributed by atoms with Crippen LogP contribution in [0.3, 0.4) is 0 Å². The topological polar surface area (TPSA) is 59.0 Å². The van der Waals surface area contributed by atoms with Crippen LogP contribution in [-0.4, -0.2) is 28.8 Å². The fraction of sp³-hybridized carbons (Fsp3) is 0.333. The molecule has 148 valence electrons. The third-order valence-electron chi connectivity index (χ3n) is 5.19. The second-order valence-electron chi connectivity index (χ2n) is 7.08. The molecule has 3 heterocycles. The van der Waals surface area contributed by atoms with E-state index >= 15 is 0 Å². The highest BCUT2D eigenvalue weighted by Crippen LogP contribution is 2.30. The molecule has 28 heavy (non-hydrogen) atoms. The van der Waals surface area contributed by atoms with Gasteiger partial charge < -0.3 is 10.6 Å². The molecule has 2 N–H and O–H groups in total. The SMILES string of the molecule is Cl.Cn1cc([C@H]2CNC[C@@H]2C(=O)NC(Cc2ccccc2)c2cccs2)cn1. The number of hydrogen-bond acceptors (Lipinski definition) is 4. The average molecular weight is 417 g/mol. The number of carbonyl (C=O) groups excluding carboxylic acids is 1. The van der Waals surface area contributed by atoms with E-state index in [0.29, 0.717) is 6.54 Å². The smallest absolute Gasteiger partial charge is 0.225 e. The fourth-order valence-corrected chi connectivity index (χ4v) is 4.55. The van der Waals surface area contributed by atoms with E-state index in [4.69, 9.17) is 0 Å². The predicted molar refractivity (Wildman–Crippen MR) is 115 cm³/mol. The van der Waals surface area contributed by atoms with E-state index in [0.717, 1.165) is 18.5 Å². The maximum absolute atomic E-state index is 13.2. The Balaban J connectivity index is 0.00000225. The van der Waals surface area contributed by atoms with Crippen molar-refractivity contribution in [3.8, 4) is 0 Å². The minimum Gasteiger partial charge on any atom is -0.348 e. The summed E-state index contributed by atoms with van der Waals surface area (Å²) in [6.45, 7) is 1.51. The molecule has 0 spiro atoms. The second-order valence-corrected chi connectivity index (χ2v) is 8.06. The van der Waals surface area contributed by atoms with Gasteiger partial charge in [-0.3, -0.25) is 9.48 Å². The summed E-state index contributed by atoms with van der Waals surface area (Å²) < 4.78 is 1.80. The molecule has 1 saturated heterocycles. The largest absolute Gasteiger partial charge is 0.348 e. The van der Waals surface area contributed by atoms with Crippen molar-refractivity contribution in [2.24, 2.45) is 13.0 Å². The molecule has 1 unspecified atom stereocenters. The Morgan fingerprint density at radius 1 is 1.29 bits per heavy atom. The van der Waals surface area contributed by atoms with Gasteiger partial charge >= 0.3 is 0 Å². The maximum atomic E-state index is 13.2. The lowest BCUT2D eigenvalue weighted by Gasteiger charge is -2.22. The number of aryl methyl sites for hydroxylation is 1. The third-order valence-corrected chi connectivity index (χ3v) is 6.18. The van der Waals surface area contributed by atoms with E-state index in [9.17, 15) is 4.79 Å². The highest BCUT2D eigenvalue weighted by molar-refractivity contribution is 7.10. The van der Waals surface area contributed by atoms with Crippen molar-refractivity contribution in [1.82, 2.24) is 20.4 Å². The van der Waals surface area contributed by atoms with E-state index in [1.165, 1.54) is 10.4 Å². The zero-order chi connectivity index (χ0) is 18.6. The van der Waals surface area contributed by atoms with Gasteiger partial charge in [0.15, 0.2) is 0 Å². The predicted octanol–water partition coefficient (Wildman–Crippen LogP) is 3.31. The van der Waals surface area contributed by atoms with Crippen LogP contribution in [-0.2, 0) is 18.3 Å². The summed E-state index contributed by atoms with van der Waals surface area (Å²) in [6, 6.07) is 14.5. The van der Waals surface area contributed by atoms with Gasteiger partial charge in [0.05, 0.1) is 18.2 Å². The monoisotopic (exact) mass is 416 g/mol. The molecule has 1 amide bonds. The van der Waals surface area contributed by atoms with Crippen molar-refractivity contribution in [2.75, 3.05) is 13.1 Å². The zero-order valence-corrected chi connectivity index (χ0v) is 17.4. The fourth-order valence-electron chi connectivity index (χ4n) is 3.78.